The lowest BCUT2D eigenvalue weighted by atomic mass is 9.86. The molecule has 1 heterocycles. The van der Waals surface area contributed by atoms with E-state index in [4.69, 9.17) is 5.73 Å². The van der Waals surface area contributed by atoms with Gasteiger partial charge in [0, 0.05) is 24.7 Å². The van der Waals surface area contributed by atoms with Crippen molar-refractivity contribution < 1.29 is 9.59 Å². The second-order valence-electron chi connectivity index (χ2n) is 9.54. The summed E-state index contributed by atoms with van der Waals surface area (Å²) in [4.78, 5) is 27.7. The number of carbonyl (C=O) groups is 2. The quantitative estimate of drug-likeness (QED) is 0.757. The highest BCUT2D eigenvalue weighted by Gasteiger charge is 2.32. The van der Waals surface area contributed by atoms with Crippen LogP contribution in [0.15, 0.2) is 24.3 Å². The van der Waals surface area contributed by atoms with E-state index in [9.17, 15) is 9.59 Å². The molecule has 1 aliphatic heterocycles. The standard InChI is InChI=1S/C23H37N3O2.ClH/c1-15(2)20(22(28)26-13-11-17(12-14-26)16(3)24)25-21(27)18-7-9-19(10-8-18)23(4,5)6;/h7-10,15-17,20H,11-14,24H2,1-6H3,(H,25,27);1H. The summed E-state index contributed by atoms with van der Waals surface area (Å²) in [5, 5.41) is 2.97. The van der Waals surface area contributed by atoms with E-state index in [0.29, 0.717) is 24.6 Å². The molecule has 1 fully saturated rings. The number of nitrogens with two attached hydrogens (primary N) is 1. The SMILES string of the molecule is CC(C)C(NC(=O)c1ccc(C(C)(C)C)cc1)C(=O)N1CCC(C(C)N)CC1.Cl. The van der Waals surface area contributed by atoms with Crippen molar-refractivity contribution in [3.05, 3.63) is 35.4 Å². The van der Waals surface area contributed by atoms with Crippen LogP contribution in [0.3, 0.4) is 0 Å². The molecule has 0 aromatic heterocycles. The third kappa shape index (κ3) is 6.71. The van der Waals surface area contributed by atoms with Crippen LogP contribution in [0.1, 0.15) is 70.3 Å². The number of benzene rings is 1. The van der Waals surface area contributed by atoms with Gasteiger partial charge in [-0.25, -0.2) is 0 Å². The van der Waals surface area contributed by atoms with Crippen LogP contribution in [0.5, 0.6) is 0 Å². The summed E-state index contributed by atoms with van der Waals surface area (Å²) in [5.41, 5.74) is 7.81. The Balaban J connectivity index is 0.00000420. The van der Waals surface area contributed by atoms with E-state index in [1.165, 1.54) is 5.56 Å². The molecular formula is C23H38ClN3O2. The van der Waals surface area contributed by atoms with E-state index in [1.54, 1.807) is 0 Å². The van der Waals surface area contributed by atoms with Crippen molar-refractivity contribution in [2.75, 3.05) is 13.1 Å². The van der Waals surface area contributed by atoms with Crippen molar-refractivity contribution in [1.29, 1.82) is 0 Å². The molecular weight excluding hydrogens is 386 g/mol. The first-order valence-electron chi connectivity index (χ1n) is 10.5. The van der Waals surface area contributed by atoms with Crippen molar-refractivity contribution in [3.63, 3.8) is 0 Å². The van der Waals surface area contributed by atoms with Crippen molar-refractivity contribution in [3.8, 4) is 0 Å². The molecule has 2 amide bonds. The third-order valence-electron chi connectivity index (χ3n) is 5.83. The highest BCUT2D eigenvalue weighted by molar-refractivity contribution is 5.97. The molecule has 1 saturated heterocycles. The molecule has 5 nitrogen and oxygen atoms in total. The fourth-order valence-electron chi connectivity index (χ4n) is 3.70. The maximum atomic E-state index is 13.0. The van der Waals surface area contributed by atoms with E-state index < -0.39 is 6.04 Å². The van der Waals surface area contributed by atoms with Crippen LogP contribution >= 0.6 is 12.4 Å². The molecule has 3 N–H and O–H groups in total. The predicted molar refractivity (Wildman–Crippen MR) is 121 cm³/mol. The van der Waals surface area contributed by atoms with Crippen LogP contribution in [0, 0.1) is 11.8 Å². The summed E-state index contributed by atoms with van der Waals surface area (Å²) >= 11 is 0. The van der Waals surface area contributed by atoms with E-state index in [1.807, 2.05) is 49.9 Å². The first kappa shape index (κ1) is 25.4. The van der Waals surface area contributed by atoms with Gasteiger partial charge < -0.3 is 16.0 Å². The molecule has 0 spiro atoms. The average Bonchev–Trinajstić information content (AvgIpc) is 2.64. The molecule has 164 valence electrons. The normalized spacial score (nSPS) is 17.4. The zero-order chi connectivity index (χ0) is 21.1. The molecule has 29 heavy (non-hydrogen) atoms. The Morgan fingerprint density at radius 2 is 1.59 bits per heavy atom. The van der Waals surface area contributed by atoms with Crippen LogP contribution in [-0.4, -0.2) is 41.9 Å². The molecule has 2 unspecified atom stereocenters. The van der Waals surface area contributed by atoms with E-state index in [-0.39, 0.29) is 41.6 Å². The van der Waals surface area contributed by atoms with Gasteiger partial charge in [-0.05, 0) is 54.7 Å². The highest BCUT2D eigenvalue weighted by Crippen LogP contribution is 2.23. The minimum absolute atomic E-state index is 0. The van der Waals surface area contributed by atoms with Crippen LogP contribution in [0.4, 0.5) is 0 Å². The Hall–Kier alpha value is -1.59. The second-order valence-corrected chi connectivity index (χ2v) is 9.54. The number of nitrogens with one attached hydrogen (secondary N) is 1. The molecule has 6 heteroatoms. The average molecular weight is 424 g/mol. The van der Waals surface area contributed by atoms with Gasteiger partial charge in [0.25, 0.3) is 5.91 Å². The summed E-state index contributed by atoms with van der Waals surface area (Å²) in [7, 11) is 0. The number of likely N-dealkylation sites (tertiary alicyclic amines) is 1. The minimum Gasteiger partial charge on any atom is -0.341 e. The van der Waals surface area contributed by atoms with Gasteiger partial charge in [0.1, 0.15) is 6.04 Å². The van der Waals surface area contributed by atoms with Gasteiger partial charge in [0.2, 0.25) is 5.91 Å². The van der Waals surface area contributed by atoms with Gasteiger partial charge in [0.05, 0.1) is 0 Å². The smallest absolute Gasteiger partial charge is 0.251 e. The minimum atomic E-state index is -0.512. The third-order valence-corrected chi connectivity index (χ3v) is 5.83. The number of amides is 2. The molecule has 1 aromatic rings. The van der Waals surface area contributed by atoms with Gasteiger partial charge in [0.15, 0.2) is 0 Å². The molecule has 0 radical (unpaired) electrons. The van der Waals surface area contributed by atoms with E-state index in [2.05, 4.69) is 26.1 Å². The lowest BCUT2D eigenvalue weighted by Crippen LogP contribution is -2.53. The van der Waals surface area contributed by atoms with Crippen LogP contribution < -0.4 is 11.1 Å². The number of piperidine rings is 1. The number of nitrogens with zero attached hydrogens (tertiary/aromatic N) is 1. The number of hydrogen-bond donors (Lipinski definition) is 2. The fraction of sp³-hybridized carbons (Fsp3) is 0.652. The monoisotopic (exact) mass is 423 g/mol. The molecule has 1 aromatic carbocycles. The predicted octanol–water partition coefficient (Wildman–Crippen LogP) is 3.75. The number of carbonyl (C=O) groups excluding carboxylic acids is 2. The summed E-state index contributed by atoms with van der Waals surface area (Å²) in [6.07, 6.45) is 1.85. The van der Waals surface area contributed by atoms with Crippen LogP contribution in [-0.2, 0) is 10.2 Å². The van der Waals surface area contributed by atoms with Crippen LogP contribution in [0.25, 0.3) is 0 Å². The summed E-state index contributed by atoms with van der Waals surface area (Å²) in [6.45, 7) is 13.8. The zero-order valence-corrected chi connectivity index (χ0v) is 19.5. The first-order chi connectivity index (χ1) is 13.0. The van der Waals surface area contributed by atoms with Gasteiger partial charge in [-0.15, -0.1) is 12.4 Å². The van der Waals surface area contributed by atoms with Crippen molar-refractivity contribution in [1.82, 2.24) is 10.2 Å². The van der Waals surface area contributed by atoms with Crippen molar-refractivity contribution in [2.45, 2.75) is 71.9 Å². The highest BCUT2D eigenvalue weighted by atomic mass is 35.5. The fourth-order valence-corrected chi connectivity index (χ4v) is 3.70. The Bertz CT molecular complexity index is 672. The van der Waals surface area contributed by atoms with Gasteiger partial charge in [-0.1, -0.05) is 46.8 Å². The van der Waals surface area contributed by atoms with Crippen molar-refractivity contribution >= 4 is 24.2 Å². The molecule has 2 atom stereocenters. The van der Waals surface area contributed by atoms with Gasteiger partial charge in [-0.2, -0.15) is 0 Å². The molecule has 0 aliphatic carbocycles. The molecule has 0 bridgehead atoms. The largest absolute Gasteiger partial charge is 0.341 e. The Morgan fingerprint density at radius 3 is 2.00 bits per heavy atom. The number of halogens is 1. The lowest BCUT2D eigenvalue weighted by molar-refractivity contribution is -0.135. The molecule has 1 aliphatic rings. The maximum Gasteiger partial charge on any atom is 0.251 e. The van der Waals surface area contributed by atoms with Crippen molar-refractivity contribution in [2.24, 2.45) is 17.6 Å². The second kappa shape index (κ2) is 10.4. The lowest BCUT2D eigenvalue weighted by Gasteiger charge is -2.36. The molecule has 2 rings (SSSR count). The summed E-state index contributed by atoms with van der Waals surface area (Å²) in [5.74, 6) is 0.310. The topological polar surface area (TPSA) is 75.4 Å². The molecule has 0 saturated carbocycles. The number of hydrogen-bond acceptors (Lipinski definition) is 3. The summed E-state index contributed by atoms with van der Waals surface area (Å²) in [6, 6.07) is 7.30. The maximum absolute atomic E-state index is 13.0. The number of rotatable bonds is 5. The Morgan fingerprint density at radius 1 is 1.07 bits per heavy atom. The Kier molecular flexibility index (Phi) is 9.16. The van der Waals surface area contributed by atoms with Gasteiger partial charge >= 0.3 is 0 Å². The van der Waals surface area contributed by atoms with E-state index >= 15 is 0 Å². The van der Waals surface area contributed by atoms with Gasteiger partial charge in [-0.3, -0.25) is 9.59 Å². The van der Waals surface area contributed by atoms with E-state index in [0.717, 1.165) is 12.8 Å². The first-order valence-corrected chi connectivity index (χ1v) is 10.5. The van der Waals surface area contributed by atoms with Crippen LogP contribution in [0.2, 0.25) is 0 Å². The Labute approximate surface area is 182 Å². The summed E-state index contributed by atoms with van der Waals surface area (Å²) < 4.78 is 0. The zero-order valence-electron chi connectivity index (χ0n) is 18.7.